The molecule has 1 aromatic rings. The number of ether oxygens (including phenoxy) is 1. The Bertz CT molecular complexity index is 323. The standard InChI is InChI=1S/C11H20N4O2/c1-2-5-12-8-10-14-15-11(17-10)13-7-9-4-3-6-16-9/h9,12H,2-8H2,1H3,(H,13,15). The third kappa shape index (κ3) is 3.98. The molecule has 96 valence electrons. The van der Waals surface area contributed by atoms with Crippen molar-refractivity contribution in [3.8, 4) is 0 Å². The molecule has 1 atom stereocenters. The normalized spacial score (nSPS) is 19.7. The van der Waals surface area contributed by atoms with Gasteiger partial charge in [0.25, 0.3) is 0 Å². The van der Waals surface area contributed by atoms with Crippen LogP contribution in [0.5, 0.6) is 0 Å². The molecule has 0 bridgehead atoms. The Kier molecular flexibility index (Phi) is 4.75. The molecule has 1 unspecified atom stereocenters. The summed E-state index contributed by atoms with van der Waals surface area (Å²) in [6.07, 6.45) is 3.62. The van der Waals surface area contributed by atoms with Crippen LogP contribution in [0.2, 0.25) is 0 Å². The Hall–Kier alpha value is -1.14. The summed E-state index contributed by atoms with van der Waals surface area (Å²) in [5, 5.41) is 14.2. The van der Waals surface area contributed by atoms with Gasteiger partial charge in [-0.1, -0.05) is 12.0 Å². The van der Waals surface area contributed by atoms with Crippen molar-refractivity contribution >= 4 is 6.01 Å². The van der Waals surface area contributed by atoms with Gasteiger partial charge >= 0.3 is 6.01 Å². The maximum Gasteiger partial charge on any atom is 0.315 e. The highest BCUT2D eigenvalue weighted by atomic mass is 16.5. The van der Waals surface area contributed by atoms with E-state index in [1.54, 1.807) is 0 Å². The van der Waals surface area contributed by atoms with Crippen LogP contribution in [-0.4, -0.2) is 36.0 Å². The molecule has 0 amide bonds. The average Bonchev–Trinajstić information content (AvgIpc) is 2.98. The quantitative estimate of drug-likeness (QED) is 0.697. The van der Waals surface area contributed by atoms with Gasteiger partial charge in [0.2, 0.25) is 5.89 Å². The predicted octanol–water partition coefficient (Wildman–Crippen LogP) is 1.16. The van der Waals surface area contributed by atoms with E-state index in [-0.39, 0.29) is 6.10 Å². The molecule has 1 aliphatic rings. The zero-order chi connectivity index (χ0) is 11.9. The summed E-state index contributed by atoms with van der Waals surface area (Å²) in [7, 11) is 0. The Morgan fingerprint density at radius 1 is 1.41 bits per heavy atom. The summed E-state index contributed by atoms with van der Waals surface area (Å²) in [6.45, 7) is 5.31. The van der Waals surface area contributed by atoms with E-state index in [2.05, 4.69) is 27.8 Å². The molecular weight excluding hydrogens is 220 g/mol. The third-order valence-corrected chi connectivity index (χ3v) is 2.67. The fourth-order valence-corrected chi connectivity index (χ4v) is 1.78. The number of anilines is 1. The van der Waals surface area contributed by atoms with Gasteiger partial charge in [-0.2, -0.15) is 0 Å². The van der Waals surface area contributed by atoms with Gasteiger partial charge in [-0.3, -0.25) is 0 Å². The molecule has 2 rings (SSSR count). The lowest BCUT2D eigenvalue weighted by atomic mass is 10.2. The van der Waals surface area contributed by atoms with E-state index >= 15 is 0 Å². The van der Waals surface area contributed by atoms with Gasteiger partial charge < -0.3 is 19.8 Å². The van der Waals surface area contributed by atoms with Crippen molar-refractivity contribution in [3.05, 3.63) is 5.89 Å². The molecule has 1 fully saturated rings. The maximum atomic E-state index is 5.50. The minimum atomic E-state index is 0.281. The maximum absolute atomic E-state index is 5.50. The predicted molar refractivity (Wildman–Crippen MR) is 63.8 cm³/mol. The first kappa shape index (κ1) is 12.3. The summed E-state index contributed by atoms with van der Waals surface area (Å²) in [6, 6.07) is 0.480. The lowest BCUT2D eigenvalue weighted by Crippen LogP contribution is -2.18. The zero-order valence-electron chi connectivity index (χ0n) is 10.2. The van der Waals surface area contributed by atoms with E-state index < -0.39 is 0 Å². The molecule has 1 aliphatic heterocycles. The van der Waals surface area contributed by atoms with Gasteiger partial charge in [-0.25, -0.2) is 0 Å². The van der Waals surface area contributed by atoms with Gasteiger partial charge in [0, 0.05) is 13.2 Å². The number of rotatable bonds is 7. The van der Waals surface area contributed by atoms with Crippen LogP contribution in [0.3, 0.4) is 0 Å². The van der Waals surface area contributed by atoms with E-state index in [9.17, 15) is 0 Å². The summed E-state index contributed by atoms with van der Waals surface area (Å²) in [4.78, 5) is 0. The second-order valence-corrected chi connectivity index (χ2v) is 4.19. The molecule has 0 aromatic carbocycles. The van der Waals surface area contributed by atoms with Crippen LogP contribution in [0.25, 0.3) is 0 Å². The smallest absolute Gasteiger partial charge is 0.315 e. The number of nitrogens with zero attached hydrogens (tertiary/aromatic N) is 2. The van der Waals surface area contributed by atoms with Crippen LogP contribution >= 0.6 is 0 Å². The molecule has 0 radical (unpaired) electrons. The minimum absolute atomic E-state index is 0.281. The van der Waals surface area contributed by atoms with E-state index in [0.717, 1.165) is 39.0 Å². The lowest BCUT2D eigenvalue weighted by Gasteiger charge is -2.07. The zero-order valence-corrected chi connectivity index (χ0v) is 10.2. The topological polar surface area (TPSA) is 72.2 Å². The van der Waals surface area contributed by atoms with E-state index in [1.807, 2.05) is 0 Å². The first-order valence-electron chi connectivity index (χ1n) is 6.27. The van der Waals surface area contributed by atoms with Crippen LogP contribution in [0.4, 0.5) is 6.01 Å². The second-order valence-electron chi connectivity index (χ2n) is 4.19. The molecule has 2 heterocycles. The van der Waals surface area contributed by atoms with Gasteiger partial charge in [0.05, 0.1) is 12.6 Å². The summed E-state index contributed by atoms with van der Waals surface area (Å²) in [5.41, 5.74) is 0. The van der Waals surface area contributed by atoms with E-state index in [4.69, 9.17) is 9.15 Å². The largest absolute Gasteiger partial charge is 0.407 e. The lowest BCUT2D eigenvalue weighted by molar-refractivity contribution is 0.120. The van der Waals surface area contributed by atoms with E-state index in [0.29, 0.717) is 18.5 Å². The van der Waals surface area contributed by atoms with Crippen molar-refractivity contribution in [1.29, 1.82) is 0 Å². The van der Waals surface area contributed by atoms with Crippen molar-refractivity contribution in [2.24, 2.45) is 0 Å². The first-order valence-corrected chi connectivity index (χ1v) is 6.27. The van der Waals surface area contributed by atoms with Crippen molar-refractivity contribution in [1.82, 2.24) is 15.5 Å². The summed E-state index contributed by atoms with van der Waals surface area (Å²) in [5.74, 6) is 0.619. The van der Waals surface area contributed by atoms with E-state index in [1.165, 1.54) is 0 Å². The summed E-state index contributed by atoms with van der Waals surface area (Å²) >= 11 is 0. The Morgan fingerprint density at radius 3 is 3.12 bits per heavy atom. The highest BCUT2D eigenvalue weighted by molar-refractivity contribution is 5.17. The average molecular weight is 240 g/mol. The highest BCUT2D eigenvalue weighted by Gasteiger charge is 2.16. The number of hydrogen-bond donors (Lipinski definition) is 2. The second kappa shape index (κ2) is 6.56. The van der Waals surface area contributed by atoms with Crippen LogP contribution in [0, 0.1) is 0 Å². The van der Waals surface area contributed by atoms with Crippen molar-refractivity contribution in [3.63, 3.8) is 0 Å². The highest BCUT2D eigenvalue weighted by Crippen LogP contribution is 2.13. The third-order valence-electron chi connectivity index (χ3n) is 2.67. The molecular formula is C11H20N4O2. The Morgan fingerprint density at radius 2 is 2.35 bits per heavy atom. The van der Waals surface area contributed by atoms with Crippen LogP contribution < -0.4 is 10.6 Å². The number of hydrogen-bond acceptors (Lipinski definition) is 6. The van der Waals surface area contributed by atoms with Gasteiger partial charge in [0.15, 0.2) is 0 Å². The van der Waals surface area contributed by atoms with Crippen molar-refractivity contribution in [2.75, 3.05) is 25.0 Å². The minimum Gasteiger partial charge on any atom is -0.407 e. The van der Waals surface area contributed by atoms with Crippen molar-refractivity contribution in [2.45, 2.75) is 38.8 Å². The molecule has 2 N–H and O–H groups in total. The molecule has 6 nitrogen and oxygen atoms in total. The molecule has 0 spiro atoms. The van der Waals surface area contributed by atoms with Gasteiger partial charge in [-0.15, -0.1) is 5.10 Å². The molecule has 17 heavy (non-hydrogen) atoms. The van der Waals surface area contributed by atoms with Gasteiger partial charge in [0.1, 0.15) is 0 Å². The fourth-order valence-electron chi connectivity index (χ4n) is 1.78. The SMILES string of the molecule is CCCNCc1nnc(NCC2CCCO2)o1. The Balaban J connectivity index is 1.69. The molecule has 0 aliphatic carbocycles. The number of nitrogens with one attached hydrogen (secondary N) is 2. The van der Waals surface area contributed by atoms with Crippen LogP contribution in [0.1, 0.15) is 32.1 Å². The van der Waals surface area contributed by atoms with Crippen LogP contribution in [-0.2, 0) is 11.3 Å². The van der Waals surface area contributed by atoms with Gasteiger partial charge in [-0.05, 0) is 25.8 Å². The van der Waals surface area contributed by atoms with Crippen molar-refractivity contribution < 1.29 is 9.15 Å². The van der Waals surface area contributed by atoms with Crippen LogP contribution in [0.15, 0.2) is 4.42 Å². The first-order chi connectivity index (χ1) is 8.38. The Labute approximate surface area is 101 Å². The molecule has 1 saturated heterocycles. The summed E-state index contributed by atoms with van der Waals surface area (Å²) < 4.78 is 10.9. The molecule has 6 heteroatoms. The molecule has 0 saturated carbocycles. The molecule has 1 aromatic heterocycles. The number of aromatic nitrogens is 2. The fraction of sp³-hybridized carbons (Fsp3) is 0.818. The monoisotopic (exact) mass is 240 g/mol.